The molecule has 0 saturated heterocycles. The van der Waals surface area contributed by atoms with E-state index in [-0.39, 0.29) is 18.3 Å². The van der Waals surface area contributed by atoms with E-state index in [2.05, 4.69) is 37.2 Å². The largest absolute Gasteiger partial charge is 0.483 e. The number of hydrogen-bond donors (Lipinski definition) is 1. The smallest absolute Gasteiger partial charge is 0.221 e. The van der Waals surface area contributed by atoms with Crippen molar-refractivity contribution in [2.24, 2.45) is 0 Å². The van der Waals surface area contributed by atoms with E-state index in [4.69, 9.17) is 4.74 Å². The molecule has 1 N–H and O–H groups in total. The minimum atomic E-state index is -0.193. The number of ketones is 1. The number of rotatable bonds is 5. The van der Waals surface area contributed by atoms with Crippen LogP contribution in [0, 0.1) is 0 Å². The number of benzene rings is 1. The predicted octanol–water partition coefficient (Wildman–Crippen LogP) is 4.49. The predicted molar refractivity (Wildman–Crippen MR) is 90.3 cm³/mol. The van der Waals surface area contributed by atoms with Crippen molar-refractivity contribution in [3.8, 4) is 5.75 Å². The van der Waals surface area contributed by atoms with Gasteiger partial charge in [0, 0.05) is 12.5 Å². The van der Waals surface area contributed by atoms with Gasteiger partial charge in [-0.25, -0.2) is 0 Å². The number of ether oxygens (including phenoxy) is 1. The maximum atomic E-state index is 12.1. The lowest BCUT2D eigenvalue weighted by molar-refractivity contribution is -0.114. The standard InChI is InChI=1S/C14H11Br2NO3S/c1-8(18)17-10-4-2-3-5-12(10)20-7-11(19)9-6-13(15)21-14(9)16/h2-6H,7H2,1H3,(H,17,18). The van der Waals surface area contributed by atoms with Crippen molar-refractivity contribution in [2.75, 3.05) is 11.9 Å². The van der Waals surface area contributed by atoms with Crippen LogP contribution < -0.4 is 10.1 Å². The molecule has 0 saturated carbocycles. The number of para-hydroxylation sites is 2. The Labute approximate surface area is 142 Å². The van der Waals surface area contributed by atoms with E-state index in [9.17, 15) is 9.59 Å². The van der Waals surface area contributed by atoms with E-state index in [1.54, 1.807) is 30.3 Å². The summed E-state index contributed by atoms with van der Waals surface area (Å²) in [7, 11) is 0. The van der Waals surface area contributed by atoms with E-state index in [0.29, 0.717) is 17.0 Å². The van der Waals surface area contributed by atoms with Crippen LogP contribution in [0.1, 0.15) is 17.3 Å². The van der Waals surface area contributed by atoms with E-state index in [1.807, 2.05) is 0 Å². The Kier molecular flexibility index (Phi) is 5.55. The van der Waals surface area contributed by atoms with Crippen LogP contribution in [0.15, 0.2) is 37.9 Å². The highest BCUT2D eigenvalue weighted by atomic mass is 79.9. The molecule has 2 rings (SSSR count). The number of carbonyl (C=O) groups excluding carboxylic acids is 2. The van der Waals surface area contributed by atoms with Crippen molar-refractivity contribution in [3.05, 3.63) is 43.5 Å². The minimum absolute atomic E-state index is 0.0988. The van der Waals surface area contributed by atoms with Crippen molar-refractivity contribution >= 4 is 60.6 Å². The van der Waals surface area contributed by atoms with Crippen molar-refractivity contribution in [2.45, 2.75) is 6.92 Å². The van der Waals surface area contributed by atoms with Gasteiger partial charge in [0.2, 0.25) is 11.7 Å². The fourth-order valence-electron chi connectivity index (χ4n) is 1.64. The second-order valence-electron chi connectivity index (χ2n) is 4.13. The van der Waals surface area contributed by atoms with Gasteiger partial charge in [0.1, 0.15) is 5.75 Å². The highest BCUT2D eigenvalue weighted by Gasteiger charge is 2.15. The van der Waals surface area contributed by atoms with Crippen LogP contribution in [0.3, 0.4) is 0 Å². The molecule has 110 valence electrons. The summed E-state index contributed by atoms with van der Waals surface area (Å²) in [6, 6.07) is 8.74. The van der Waals surface area contributed by atoms with Crippen molar-refractivity contribution in [3.63, 3.8) is 0 Å². The molecular formula is C14H11Br2NO3S. The van der Waals surface area contributed by atoms with Crippen LogP contribution in [0.4, 0.5) is 5.69 Å². The molecule has 0 unspecified atom stereocenters. The molecule has 0 spiro atoms. The average molecular weight is 433 g/mol. The first-order valence-corrected chi connectivity index (χ1v) is 8.35. The molecule has 21 heavy (non-hydrogen) atoms. The molecule has 0 bridgehead atoms. The Morgan fingerprint density at radius 2 is 2.00 bits per heavy atom. The summed E-state index contributed by atoms with van der Waals surface area (Å²) in [6.45, 7) is 1.32. The highest BCUT2D eigenvalue weighted by Crippen LogP contribution is 2.32. The lowest BCUT2D eigenvalue weighted by Gasteiger charge is -2.10. The topological polar surface area (TPSA) is 55.4 Å². The summed E-state index contributed by atoms with van der Waals surface area (Å²) < 4.78 is 7.16. The first-order chi connectivity index (χ1) is 9.97. The van der Waals surface area contributed by atoms with Gasteiger partial charge in [-0.1, -0.05) is 12.1 Å². The number of amides is 1. The van der Waals surface area contributed by atoms with Gasteiger partial charge in [-0.05, 0) is 50.1 Å². The number of thiophene rings is 1. The zero-order valence-electron chi connectivity index (χ0n) is 11.0. The summed E-state index contributed by atoms with van der Waals surface area (Å²) in [5.41, 5.74) is 1.12. The zero-order chi connectivity index (χ0) is 15.4. The molecule has 0 aliphatic heterocycles. The number of carbonyl (C=O) groups is 2. The summed E-state index contributed by atoms with van der Waals surface area (Å²) in [4.78, 5) is 23.3. The van der Waals surface area contributed by atoms with Crippen LogP contribution in [-0.4, -0.2) is 18.3 Å². The Balaban J connectivity index is 2.08. The van der Waals surface area contributed by atoms with Gasteiger partial charge in [0.15, 0.2) is 6.61 Å². The molecule has 0 atom stereocenters. The van der Waals surface area contributed by atoms with Crippen molar-refractivity contribution < 1.29 is 14.3 Å². The second kappa shape index (κ2) is 7.20. The van der Waals surface area contributed by atoms with Crippen LogP contribution in [0.5, 0.6) is 5.75 Å². The summed E-state index contributed by atoms with van der Waals surface area (Å²) >= 11 is 8.11. The van der Waals surface area contributed by atoms with Crippen LogP contribution in [-0.2, 0) is 4.79 Å². The van der Waals surface area contributed by atoms with Crippen molar-refractivity contribution in [1.29, 1.82) is 0 Å². The molecule has 7 heteroatoms. The molecule has 1 amide bonds. The van der Waals surface area contributed by atoms with E-state index >= 15 is 0 Å². The molecule has 0 aliphatic carbocycles. The highest BCUT2D eigenvalue weighted by molar-refractivity contribution is 9.12. The first kappa shape index (κ1) is 16.2. The zero-order valence-corrected chi connectivity index (χ0v) is 15.0. The Morgan fingerprint density at radius 1 is 1.29 bits per heavy atom. The van der Waals surface area contributed by atoms with Gasteiger partial charge >= 0.3 is 0 Å². The number of Topliss-reactive ketones (excluding diaryl/α,β-unsaturated/α-hetero) is 1. The van der Waals surface area contributed by atoms with E-state index in [0.717, 1.165) is 7.57 Å². The number of hydrogen-bond acceptors (Lipinski definition) is 4. The first-order valence-electron chi connectivity index (χ1n) is 5.95. The quantitative estimate of drug-likeness (QED) is 0.708. The van der Waals surface area contributed by atoms with Gasteiger partial charge in [-0.3, -0.25) is 9.59 Å². The molecule has 2 aromatic rings. The minimum Gasteiger partial charge on any atom is -0.483 e. The second-order valence-corrected chi connectivity index (χ2v) is 7.88. The molecule has 0 fully saturated rings. The van der Waals surface area contributed by atoms with Crippen LogP contribution >= 0.6 is 43.2 Å². The number of halogens is 2. The summed E-state index contributed by atoms with van der Waals surface area (Å²) in [5.74, 6) is 0.134. The third kappa shape index (κ3) is 4.39. The Morgan fingerprint density at radius 3 is 2.62 bits per heavy atom. The SMILES string of the molecule is CC(=O)Nc1ccccc1OCC(=O)c1cc(Br)sc1Br. The van der Waals surface area contributed by atoms with E-state index in [1.165, 1.54) is 18.3 Å². The maximum Gasteiger partial charge on any atom is 0.221 e. The van der Waals surface area contributed by atoms with Crippen LogP contribution in [0.2, 0.25) is 0 Å². The normalized spacial score (nSPS) is 10.2. The fourth-order valence-corrected chi connectivity index (χ4v) is 4.49. The third-order valence-electron chi connectivity index (χ3n) is 2.51. The molecule has 4 nitrogen and oxygen atoms in total. The monoisotopic (exact) mass is 431 g/mol. The molecule has 1 aromatic carbocycles. The van der Waals surface area contributed by atoms with Crippen LogP contribution in [0.25, 0.3) is 0 Å². The van der Waals surface area contributed by atoms with Gasteiger partial charge < -0.3 is 10.1 Å². The van der Waals surface area contributed by atoms with Gasteiger partial charge in [-0.15, -0.1) is 11.3 Å². The number of anilines is 1. The lowest BCUT2D eigenvalue weighted by Crippen LogP contribution is -2.13. The lowest BCUT2D eigenvalue weighted by atomic mass is 10.2. The van der Waals surface area contributed by atoms with Crippen molar-refractivity contribution in [1.82, 2.24) is 0 Å². The molecule has 0 aliphatic rings. The fraction of sp³-hybridized carbons (Fsp3) is 0.143. The molecule has 1 aromatic heterocycles. The summed E-state index contributed by atoms with van der Waals surface area (Å²) in [5, 5.41) is 2.66. The summed E-state index contributed by atoms with van der Waals surface area (Å²) in [6.07, 6.45) is 0. The molecular weight excluding hydrogens is 422 g/mol. The van der Waals surface area contributed by atoms with Gasteiger partial charge in [-0.2, -0.15) is 0 Å². The third-order valence-corrected chi connectivity index (χ3v) is 4.85. The van der Waals surface area contributed by atoms with Gasteiger partial charge in [0.05, 0.1) is 13.3 Å². The average Bonchev–Trinajstić information content (AvgIpc) is 2.76. The number of nitrogens with one attached hydrogen (secondary N) is 1. The van der Waals surface area contributed by atoms with Gasteiger partial charge in [0.25, 0.3) is 0 Å². The maximum absolute atomic E-state index is 12.1. The molecule has 1 heterocycles. The Bertz CT molecular complexity index is 685. The Hall–Kier alpha value is -1.18. The van der Waals surface area contributed by atoms with E-state index < -0.39 is 0 Å². The molecule has 0 radical (unpaired) electrons.